The highest BCUT2D eigenvalue weighted by Crippen LogP contribution is 2.42. The van der Waals surface area contributed by atoms with Crippen LogP contribution >= 0.6 is 0 Å². The van der Waals surface area contributed by atoms with E-state index in [1.54, 1.807) is 48.5 Å². The Morgan fingerprint density at radius 2 is 1.07 bits per heavy atom. The molecule has 1 heterocycles. The molecule has 0 bridgehead atoms. The summed E-state index contributed by atoms with van der Waals surface area (Å²) < 4.78 is 83.2. The van der Waals surface area contributed by atoms with Crippen LogP contribution in [0.4, 0.5) is 26.3 Å². The van der Waals surface area contributed by atoms with Gasteiger partial charge in [0, 0.05) is 11.6 Å². The largest absolute Gasteiger partial charge is 0.422 e. The number of benzene rings is 1. The van der Waals surface area contributed by atoms with Crippen molar-refractivity contribution in [1.29, 1.82) is 0 Å². The molecular weight excluding hydrogens is 404 g/mol. The minimum absolute atomic E-state index is 0.0970. The highest BCUT2D eigenvalue weighted by molar-refractivity contribution is 5.65. The van der Waals surface area contributed by atoms with E-state index in [4.69, 9.17) is 0 Å². The zero-order valence-electron chi connectivity index (χ0n) is 18.5. The fourth-order valence-corrected chi connectivity index (χ4v) is 3.60. The second-order valence-corrected chi connectivity index (χ2v) is 9.81. The summed E-state index contributed by atoms with van der Waals surface area (Å²) in [7, 11) is 1.48. The third-order valence-electron chi connectivity index (χ3n) is 5.14. The fraction of sp³-hybridized carbons (Fsp3) is 0.522. The highest BCUT2D eigenvalue weighted by atomic mass is 19.4. The molecule has 0 amide bonds. The molecule has 1 nitrogen and oxygen atoms in total. The van der Waals surface area contributed by atoms with Gasteiger partial charge in [-0.05, 0) is 46.6 Å². The van der Waals surface area contributed by atoms with Gasteiger partial charge in [0.1, 0.15) is 12.6 Å². The molecule has 0 aliphatic rings. The summed E-state index contributed by atoms with van der Waals surface area (Å²) >= 11 is 0. The first-order valence-electron chi connectivity index (χ1n) is 9.58. The summed E-state index contributed by atoms with van der Waals surface area (Å²) in [5, 5.41) is 0. The second kappa shape index (κ2) is 7.27. The molecule has 0 fully saturated rings. The quantitative estimate of drug-likeness (QED) is 0.334. The van der Waals surface area contributed by atoms with Gasteiger partial charge in [0.2, 0.25) is 5.69 Å². The Hall–Kier alpha value is -2.05. The summed E-state index contributed by atoms with van der Waals surface area (Å²) in [5.41, 5.74) is -1.60. The van der Waals surface area contributed by atoms with E-state index in [1.165, 1.54) is 23.7 Å². The van der Waals surface area contributed by atoms with Crippen LogP contribution in [0.5, 0.6) is 0 Å². The third kappa shape index (κ3) is 4.81. The molecule has 0 N–H and O–H groups in total. The zero-order chi connectivity index (χ0) is 23.4. The average molecular weight is 432 g/mol. The van der Waals surface area contributed by atoms with E-state index in [-0.39, 0.29) is 11.1 Å². The van der Waals surface area contributed by atoms with Crippen LogP contribution in [0, 0.1) is 6.92 Å². The number of hydrogen-bond acceptors (Lipinski definition) is 0. The first kappa shape index (κ1) is 24.2. The molecule has 0 aliphatic heterocycles. The number of aryl methyl sites for hydroxylation is 2. The van der Waals surface area contributed by atoms with Gasteiger partial charge in [-0.3, -0.25) is 0 Å². The third-order valence-corrected chi connectivity index (χ3v) is 5.14. The molecule has 0 radical (unpaired) electrons. The minimum atomic E-state index is -4.54. The lowest BCUT2D eigenvalue weighted by Gasteiger charge is -2.26. The monoisotopic (exact) mass is 432 g/mol. The van der Waals surface area contributed by atoms with E-state index >= 15 is 0 Å². The van der Waals surface area contributed by atoms with Gasteiger partial charge in [-0.1, -0.05) is 41.5 Å². The summed E-state index contributed by atoms with van der Waals surface area (Å²) in [6.07, 6.45) is -8.04. The number of rotatable bonds is 1. The second-order valence-electron chi connectivity index (χ2n) is 9.81. The van der Waals surface area contributed by atoms with Crippen LogP contribution in [0.2, 0.25) is 0 Å². The SMILES string of the molecule is Cc1cc(C(F)(F)F)c(C(C)(C)C)cc1-c1cc(C(C)(C)C)c(C(F)(F)F)c[n+]1C. The van der Waals surface area contributed by atoms with Gasteiger partial charge in [-0.2, -0.15) is 26.3 Å². The molecule has 30 heavy (non-hydrogen) atoms. The Bertz CT molecular complexity index is 875. The Kier molecular flexibility index (Phi) is 5.87. The van der Waals surface area contributed by atoms with Crippen LogP contribution in [0.25, 0.3) is 11.3 Å². The summed E-state index contributed by atoms with van der Waals surface area (Å²) in [6.45, 7) is 11.6. The Morgan fingerprint density at radius 3 is 1.47 bits per heavy atom. The molecule has 0 saturated heterocycles. The van der Waals surface area contributed by atoms with E-state index in [2.05, 4.69) is 0 Å². The zero-order valence-corrected chi connectivity index (χ0v) is 18.5. The summed E-state index contributed by atoms with van der Waals surface area (Å²) in [6, 6.07) is 4.00. The van der Waals surface area contributed by atoms with Crippen LogP contribution in [0.1, 0.15) is 69.4 Å². The van der Waals surface area contributed by atoms with Crippen molar-refractivity contribution in [2.24, 2.45) is 7.05 Å². The topological polar surface area (TPSA) is 3.88 Å². The number of nitrogens with zero attached hydrogens (tertiary/aromatic N) is 1. The lowest BCUT2D eigenvalue weighted by molar-refractivity contribution is -0.661. The fourth-order valence-electron chi connectivity index (χ4n) is 3.60. The predicted octanol–water partition coefficient (Wildman–Crippen LogP) is 7.12. The Morgan fingerprint density at radius 1 is 0.633 bits per heavy atom. The van der Waals surface area contributed by atoms with Crippen molar-refractivity contribution in [2.45, 2.75) is 71.6 Å². The average Bonchev–Trinajstić information content (AvgIpc) is 2.50. The molecule has 0 unspecified atom stereocenters. The van der Waals surface area contributed by atoms with Crippen LogP contribution in [0.3, 0.4) is 0 Å². The molecule has 166 valence electrons. The first-order valence-corrected chi connectivity index (χ1v) is 9.58. The standard InChI is InChI=1S/C23H28F6N/c1-13-9-17(22(24,25)26)15(20(2,3)4)10-14(13)19-11-16(21(5,6)7)18(12-30(19)8)23(27,28)29/h9-12H,1-8H3/q+1. The lowest BCUT2D eigenvalue weighted by atomic mass is 9.80. The first-order chi connectivity index (χ1) is 13.2. The maximum Gasteiger partial charge on any atom is 0.422 e. The molecule has 2 rings (SSSR count). The van der Waals surface area contributed by atoms with Gasteiger partial charge in [0.05, 0.1) is 5.56 Å². The highest BCUT2D eigenvalue weighted by Gasteiger charge is 2.41. The van der Waals surface area contributed by atoms with Gasteiger partial charge in [-0.25, -0.2) is 4.57 Å². The summed E-state index contributed by atoms with van der Waals surface area (Å²) in [4.78, 5) is 0. The summed E-state index contributed by atoms with van der Waals surface area (Å²) in [5.74, 6) is 0. The number of halogens is 6. The van der Waals surface area contributed by atoms with E-state index in [0.29, 0.717) is 16.8 Å². The number of aromatic nitrogens is 1. The van der Waals surface area contributed by atoms with Gasteiger partial charge < -0.3 is 0 Å². The molecule has 0 saturated carbocycles. The normalized spacial score (nSPS) is 13.7. The lowest BCUT2D eigenvalue weighted by Crippen LogP contribution is -2.35. The van der Waals surface area contributed by atoms with E-state index < -0.39 is 34.3 Å². The Balaban J connectivity index is 2.91. The van der Waals surface area contributed by atoms with E-state index in [0.717, 1.165) is 12.3 Å². The molecule has 1 aromatic carbocycles. The predicted molar refractivity (Wildman–Crippen MR) is 105 cm³/mol. The van der Waals surface area contributed by atoms with Gasteiger partial charge >= 0.3 is 12.4 Å². The van der Waals surface area contributed by atoms with E-state index in [9.17, 15) is 26.3 Å². The van der Waals surface area contributed by atoms with Crippen molar-refractivity contribution in [3.8, 4) is 11.3 Å². The van der Waals surface area contributed by atoms with E-state index in [1.807, 2.05) is 0 Å². The van der Waals surface area contributed by atoms with Gasteiger partial charge in [0.25, 0.3) is 0 Å². The smallest absolute Gasteiger partial charge is 0.200 e. The molecule has 7 heteroatoms. The number of alkyl halides is 6. The Labute approximate surface area is 173 Å². The van der Waals surface area contributed by atoms with Crippen molar-refractivity contribution < 1.29 is 30.9 Å². The van der Waals surface area contributed by atoms with Crippen LogP contribution in [-0.2, 0) is 30.2 Å². The van der Waals surface area contributed by atoms with Crippen LogP contribution in [0.15, 0.2) is 24.4 Å². The van der Waals surface area contributed by atoms with Crippen molar-refractivity contribution in [3.05, 3.63) is 52.2 Å². The van der Waals surface area contributed by atoms with Crippen molar-refractivity contribution in [1.82, 2.24) is 0 Å². The van der Waals surface area contributed by atoms with Crippen molar-refractivity contribution in [3.63, 3.8) is 0 Å². The molecular formula is C23H28F6N+. The number of hydrogen-bond donors (Lipinski definition) is 0. The minimum Gasteiger partial charge on any atom is -0.200 e. The van der Waals surface area contributed by atoms with Crippen LogP contribution < -0.4 is 4.57 Å². The molecule has 0 atom stereocenters. The molecule has 2 aromatic rings. The van der Waals surface area contributed by atoms with Crippen molar-refractivity contribution >= 4 is 0 Å². The van der Waals surface area contributed by atoms with Gasteiger partial charge in [-0.15, -0.1) is 0 Å². The maximum absolute atomic E-state index is 13.6. The molecule has 1 aromatic heterocycles. The van der Waals surface area contributed by atoms with Gasteiger partial charge in [0.15, 0.2) is 6.20 Å². The number of pyridine rings is 1. The molecule has 0 aliphatic carbocycles. The van der Waals surface area contributed by atoms with Crippen molar-refractivity contribution in [2.75, 3.05) is 0 Å². The maximum atomic E-state index is 13.6. The molecule has 0 spiro atoms. The van der Waals surface area contributed by atoms with Crippen LogP contribution in [-0.4, -0.2) is 0 Å².